The van der Waals surface area contributed by atoms with Gasteiger partial charge in [-0.15, -0.1) is 0 Å². The van der Waals surface area contributed by atoms with Gasteiger partial charge >= 0.3 is 0 Å². The predicted octanol–water partition coefficient (Wildman–Crippen LogP) is 2.49. The molecule has 2 rings (SSSR count). The van der Waals surface area contributed by atoms with Gasteiger partial charge in [0.15, 0.2) is 0 Å². The number of hydrogen-bond acceptors (Lipinski definition) is 4. The van der Waals surface area contributed by atoms with Gasteiger partial charge in [0.05, 0.1) is 0 Å². The molecule has 4 nitrogen and oxygen atoms in total. The van der Waals surface area contributed by atoms with Gasteiger partial charge in [0, 0.05) is 36.2 Å². The van der Waals surface area contributed by atoms with Gasteiger partial charge in [0.25, 0.3) is 0 Å². The van der Waals surface area contributed by atoms with Gasteiger partial charge in [0.1, 0.15) is 0 Å². The van der Waals surface area contributed by atoms with Gasteiger partial charge in [-0.25, -0.2) is 13.1 Å². The maximum atomic E-state index is 11.8. The number of rotatable bonds is 7. The largest absolute Gasteiger partial charge is 0.381 e. The number of sulfonamides is 1. The summed E-state index contributed by atoms with van der Waals surface area (Å²) in [5.74, 6) is 0.795. The minimum atomic E-state index is -3.35. The van der Waals surface area contributed by atoms with Crippen LogP contribution in [0, 0.1) is 0 Å². The highest BCUT2D eigenvalue weighted by atomic mass is 32.2. The Morgan fingerprint density at radius 1 is 1.24 bits per heavy atom. The van der Waals surface area contributed by atoms with E-state index in [2.05, 4.69) is 4.72 Å². The Labute approximate surface area is 131 Å². The molecule has 0 spiro atoms. The van der Waals surface area contributed by atoms with Crippen molar-refractivity contribution < 1.29 is 13.2 Å². The average molecular weight is 327 g/mol. The summed E-state index contributed by atoms with van der Waals surface area (Å²) in [5.41, 5.74) is 0.874. The van der Waals surface area contributed by atoms with Gasteiger partial charge in [-0.1, -0.05) is 30.3 Å². The molecule has 21 heavy (non-hydrogen) atoms. The van der Waals surface area contributed by atoms with E-state index in [1.54, 1.807) is 6.08 Å². The van der Waals surface area contributed by atoms with Crippen LogP contribution in [0.4, 0.5) is 0 Å². The van der Waals surface area contributed by atoms with Crippen LogP contribution in [0.3, 0.4) is 0 Å². The molecule has 1 aliphatic rings. The zero-order valence-corrected chi connectivity index (χ0v) is 13.5. The lowest BCUT2D eigenvalue weighted by atomic mass is 10.2. The van der Waals surface area contributed by atoms with Crippen molar-refractivity contribution in [3.63, 3.8) is 0 Å². The summed E-state index contributed by atoms with van der Waals surface area (Å²) in [6, 6.07) is 9.39. The standard InChI is InChI=1S/C15H21NO3S2/c17-21(18,13-8-14-4-2-1-3-5-14)16-9-12-20-15-6-10-19-11-7-15/h1-5,8,13,15-16H,6-7,9-12H2. The van der Waals surface area contributed by atoms with Crippen LogP contribution in [-0.2, 0) is 14.8 Å². The Bertz CT molecular complexity index is 537. The van der Waals surface area contributed by atoms with E-state index in [0.717, 1.165) is 37.4 Å². The number of thioether (sulfide) groups is 1. The zero-order chi connectivity index (χ0) is 15.0. The molecule has 6 heteroatoms. The number of benzene rings is 1. The fourth-order valence-corrected chi connectivity index (χ4v) is 4.06. The van der Waals surface area contributed by atoms with Crippen molar-refractivity contribution >= 4 is 27.9 Å². The molecule has 0 bridgehead atoms. The van der Waals surface area contributed by atoms with E-state index in [-0.39, 0.29) is 0 Å². The summed E-state index contributed by atoms with van der Waals surface area (Å²) in [7, 11) is -3.35. The van der Waals surface area contributed by atoms with Gasteiger partial charge in [-0.2, -0.15) is 11.8 Å². The van der Waals surface area contributed by atoms with Crippen LogP contribution in [0.2, 0.25) is 0 Å². The second-order valence-corrected chi connectivity index (χ2v) is 7.89. The molecular formula is C15H21NO3S2. The highest BCUT2D eigenvalue weighted by molar-refractivity contribution is 8.00. The third-order valence-electron chi connectivity index (χ3n) is 3.17. The van der Waals surface area contributed by atoms with Crippen molar-refractivity contribution in [1.82, 2.24) is 4.72 Å². The third kappa shape index (κ3) is 6.65. The molecule has 1 aliphatic heterocycles. The summed E-state index contributed by atoms with van der Waals surface area (Å²) in [5, 5.41) is 1.82. The van der Waals surface area contributed by atoms with Gasteiger partial charge in [-0.05, 0) is 24.5 Å². The van der Waals surface area contributed by atoms with Crippen molar-refractivity contribution in [2.24, 2.45) is 0 Å². The van der Waals surface area contributed by atoms with Crippen LogP contribution in [0.15, 0.2) is 35.7 Å². The molecule has 1 aromatic carbocycles. The van der Waals surface area contributed by atoms with Gasteiger partial charge in [0.2, 0.25) is 10.0 Å². The van der Waals surface area contributed by atoms with Crippen LogP contribution in [0.5, 0.6) is 0 Å². The second-order valence-electron chi connectivity index (χ2n) is 4.84. The highest BCUT2D eigenvalue weighted by Gasteiger charge is 2.14. The molecule has 0 unspecified atom stereocenters. The van der Waals surface area contributed by atoms with E-state index in [4.69, 9.17) is 4.74 Å². The summed E-state index contributed by atoms with van der Waals surface area (Å²) in [6.07, 6.45) is 3.73. The molecule has 0 radical (unpaired) electrons. The molecule has 116 valence electrons. The smallest absolute Gasteiger partial charge is 0.233 e. The molecule has 1 fully saturated rings. The zero-order valence-electron chi connectivity index (χ0n) is 11.9. The van der Waals surface area contributed by atoms with Gasteiger partial charge in [-0.3, -0.25) is 0 Å². The minimum absolute atomic E-state index is 0.462. The SMILES string of the molecule is O=S(=O)(C=Cc1ccccc1)NCCSC1CCOCC1. The first-order valence-electron chi connectivity index (χ1n) is 7.08. The monoisotopic (exact) mass is 327 g/mol. The first-order chi connectivity index (χ1) is 10.2. The Hall–Kier alpha value is -0.820. The molecular weight excluding hydrogens is 306 g/mol. The normalized spacial score (nSPS) is 17.3. The van der Waals surface area contributed by atoms with Crippen molar-refractivity contribution in [3.8, 4) is 0 Å². The summed E-state index contributed by atoms with van der Waals surface area (Å²) >= 11 is 1.82. The average Bonchev–Trinajstić information content (AvgIpc) is 2.52. The number of hydrogen-bond donors (Lipinski definition) is 1. The number of nitrogens with one attached hydrogen (secondary N) is 1. The van der Waals surface area contributed by atoms with Crippen LogP contribution >= 0.6 is 11.8 Å². The summed E-state index contributed by atoms with van der Waals surface area (Å²) < 4.78 is 31.6. The van der Waals surface area contributed by atoms with E-state index in [1.165, 1.54) is 5.41 Å². The maximum Gasteiger partial charge on any atom is 0.233 e. The minimum Gasteiger partial charge on any atom is -0.381 e. The number of ether oxygens (including phenoxy) is 1. The van der Waals surface area contributed by atoms with Crippen LogP contribution < -0.4 is 4.72 Å². The quantitative estimate of drug-likeness (QED) is 0.782. The van der Waals surface area contributed by atoms with E-state index in [0.29, 0.717) is 11.8 Å². The Balaban J connectivity index is 1.70. The fraction of sp³-hybridized carbons (Fsp3) is 0.467. The first-order valence-corrected chi connectivity index (χ1v) is 9.67. The van der Waals surface area contributed by atoms with Crippen molar-refractivity contribution in [2.75, 3.05) is 25.5 Å². The fourth-order valence-electron chi connectivity index (χ4n) is 2.03. The lowest BCUT2D eigenvalue weighted by Crippen LogP contribution is -2.25. The lowest BCUT2D eigenvalue weighted by molar-refractivity contribution is 0.100. The molecule has 1 heterocycles. The van der Waals surface area contributed by atoms with Crippen LogP contribution in [0.25, 0.3) is 6.08 Å². The molecule has 1 N–H and O–H groups in total. The van der Waals surface area contributed by atoms with Crippen LogP contribution in [-0.4, -0.2) is 39.2 Å². The van der Waals surface area contributed by atoms with E-state index < -0.39 is 10.0 Å². The molecule has 0 saturated carbocycles. The van der Waals surface area contributed by atoms with Crippen molar-refractivity contribution in [2.45, 2.75) is 18.1 Å². The predicted molar refractivity (Wildman–Crippen MR) is 88.7 cm³/mol. The molecule has 0 atom stereocenters. The Morgan fingerprint density at radius 3 is 2.67 bits per heavy atom. The molecule has 1 aromatic rings. The van der Waals surface area contributed by atoms with Crippen molar-refractivity contribution in [1.29, 1.82) is 0 Å². The Morgan fingerprint density at radius 2 is 1.95 bits per heavy atom. The molecule has 1 saturated heterocycles. The van der Waals surface area contributed by atoms with Crippen LogP contribution in [0.1, 0.15) is 18.4 Å². The lowest BCUT2D eigenvalue weighted by Gasteiger charge is -2.21. The summed E-state index contributed by atoms with van der Waals surface area (Å²) in [4.78, 5) is 0. The molecule has 0 amide bonds. The summed E-state index contributed by atoms with van der Waals surface area (Å²) in [6.45, 7) is 2.11. The first kappa shape index (κ1) is 16.5. The van der Waals surface area contributed by atoms with Crippen molar-refractivity contribution in [3.05, 3.63) is 41.3 Å². The van der Waals surface area contributed by atoms with E-state index in [1.807, 2.05) is 42.1 Å². The van der Waals surface area contributed by atoms with E-state index >= 15 is 0 Å². The topological polar surface area (TPSA) is 55.4 Å². The Kier molecular flexibility index (Phi) is 6.76. The molecule has 0 aliphatic carbocycles. The van der Waals surface area contributed by atoms with E-state index in [9.17, 15) is 8.42 Å². The second kappa shape index (κ2) is 8.58. The highest BCUT2D eigenvalue weighted by Crippen LogP contribution is 2.21. The third-order valence-corrected chi connectivity index (χ3v) is 5.65. The molecule has 0 aromatic heterocycles. The van der Waals surface area contributed by atoms with Gasteiger partial charge < -0.3 is 4.74 Å². The maximum absolute atomic E-state index is 11.8.